The molecule has 1 aromatic carbocycles. The third-order valence-electron chi connectivity index (χ3n) is 2.15. The lowest BCUT2D eigenvalue weighted by molar-refractivity contribution is 0.306. The summed E-state index contributed by atoms with van der Waals surface area (Å²) in [6.45, 7) is 0.508. The Morgan fingerprint density at radius 2 is 2.12 bits per heavy atom. The van der Waals surface area contributed by atoms with Gasteiger partial charge in [0, 0.05) is 0 Å². The van der Waals surface area contributed by atoms with Crippen molar-refractivity contribution in [2.45, 2.75) is 6.61 Å². The van der Waals surface area contributed by atoms with Gasteiger partial charge in [0.2, 0.25) is 0 Å². The van der Waals surface area contributed by atoms with Gasteiger partial charge in [-0.05, 0) is 34.5 Å². The number of amidine groups is 1. The van der Waals surface area contributed by atoms with Crippen LogP contribution in [0.15, 0.2) is 41.1 Å². The predicted octanol–water partition coefficient (Wildman–Crippen LogP) is 2.61. The second kappa shape index (κ2) is 4.81. The Labute approximate surface area is 98.0 Å². The van der Waals surface area contributed by atoms with Crippen LogP contribution < -0.4 is 10.5 Å². The van der Waals surface area contributed by atoms with E-state index in [0.717, 1.165) is 5.56 Å². The zero-order chi connectivity index (χ0) is 11.4. The molecule has 1 heterocycles. The van der Waals surface area contributed by atoms with E-state index >= 15 is 0 Å². The van der Waals surface area contributed by atoms with Crippen LogP contribution in [0.3, 0.4) is 0 Å². The fourth-order valence-corrected chi connectivity index (χ4v) is 2.00. The van der Waals surface area contributed by atoms with Crippen LogP contribution in [0.1, 0.15) is 11.1 Å². The Morgan fingerprint density at radius 1 is 1.31 bits per heavy atom. The van der Waals surface area contributed by atoms with E-state index < -0.39 is 0 Å². The van der Waals surface area contributed by atoms with Crippen molar-refractivity contribution in [1.29, 1.82) is 5.41 Å². The first-order chi connectivity index (χ1) is 7.77. The summed E-state index contributed by atoms with van der Waals surface area (Å²) in [5.74, 6) is 0.683. The zero-order valence-corrected chi connectivity index (χ0v) is 9.46. The van der Waals surface area contributed by atoms with E-state index in [9.17, 15) is 0 Å². The second-order valence-corrected chi connectivity index (χ2v) is 4.11. The van der Waals surface area contributed by atoms with Gasteiger partial charge in [-0.2, -0.15) is 11.3 Å². The highest BCUT2D eigenvalue weighted by molar-refractivity contribution is 7.07. The molecule has 0 saturated heterocycles. The van der Waals surface area contributed by atoms with E-state index in [2.05, 4.69) is 0 Å². The normalized spacial score (nSPS) is 10.0. The van der Waals surface area contributed by atoms with Gasteiger partial charge in [-0.25, -0.2) is 0 Å². The molecule has 0 aliphatic carbocycles. The Balaban J connectivity index is 2.12. The van der Waals surface area contributed by atoms with Gasteiger partial charge in [-0.15, -0.1) is 0 Å². The lowest BCUT2D eigenvalue weighted by Gasteiger charge is -2.09. The molecule has 2 aromatic rings. The zero-order valence-electron chi connectivity index (χ0n) is 8.64. The minimum Gasteiger partial charge on any atom is -0.488 e. The third-order valence-corrected chi connectivity index (χ3v) is 2.88. The van der Waals surface area contributed by atoms with Crippen molar-refractivity contribution in [3.05, 3.63) is 52.2 Å². The number of hydrogen-bond donors (Lipinski definition) is 2. The molecular formula is C12H12N2OS. The van der Waals surface area contributed by atoms with Crippen LogP contribution in [0.4, 0.5) is 0 Å². The average molecular weight is 232 g/mol. The highest BCUT2D eigenvalue weighted by Gasteiger charge is 2.05. The van der Waals surface area contributed by atoms with Gasteiger partial charge >= 0.3 is 0 Å². The van der Waals surface area contributed by atoms with Crippen LogP contribution in [0, 0.1) is 5.41 Å². The number of para-hydroxylation sites is 1. The van der Waals surface area contributed by atoms with Crippen molar-refractivity contribution in [2.75, 3.05) is 0 Å². The van der Waals surface area contributed by atoms with Gasteiger partial charge in [0.1, 0.15) is 18.2 Å². The predicted molar refractivity (Wildman–Crippen MR) is 66.1 cm³/mol. The summed E-state index contributed by atoms with van der Waals surface area (Å²) >= 11 is 1.64. The molecule has 16 heavy (non-hydrogen) atoms. The van der Waals surface area contributed by atoms with Crippen LogP contribution in [0.5, 0.6) is 5.75 Å². The number of nitrogens with two attached hydrogens (primary N) is 1. The minimum atomic E-state index is 0.0286. The van der Waals surface area contributed by atoms with Crippen molar-refractivity contribution in [2.24, 2.45) is 5.73 Å². The summed E-state index contributed by atoms with van der Waals surface area (Å²) in [4.78, 5) is 0. The van der Waals surface area contributed by atoms with E-state index in [-0.39, 0.29) is 5.84 Å². The smallest absolute Gasteiger partial charge is 0.130 e. The Kier molecular flexibility index (Phi) is 3.22. The van der Waals surface area contributed by atoms with Crippen molar-refractivity contribution < 1.29 is 4.74 Å². The quantitative estimate of drug-likeness (QED) is 0.629. The molecule has 4 heteroatoms. The van der Waals surface area contributed by atoms with Crippen LogP contribution in [-0.2, 0) is 6.61 Å². The number of thiophene rings is 1. The maximum absolute atomic E-state index is 7.43. The molecule has 3 nitrogen and oxygen atoms in total. The molecule has 2 rings (SSSR count). The van der Waals surface area contributed by atoms with Crippen molar-refractivity contribution in [3.63, 3.8) is 0 Å². The van der Waals surface area contributed by atoms with Crippen molar-refractivity contribution in [1.82, 2.24) is 0 Å². The second-order valence-electron chi connectivity index (χ2n) is 3.33. The molecule has 82 valence electrons. The number of hydrogen-bond acceptors (Lipinski definition) is 3. The largest absolute Gasteiger partial charge is 0.488 e. The van der Waals surface area contributed by atoms with Crippen molar-refractivity contribution in [3.8, 4) is 5.75 Å². The molecule has 0 unspecified atom stereocenters. The van der Waals surface area contributed by atoms with Gasteiger partial charge in [-0.1, -0.05) is 12.1 Å². The summed E-state index contributed by atoms with van der Waals surface area (Å²) in [5.41, 5.74) is 7.23. The average Bonchev–Trinajstić information content (AvgIpc) is 2.79. The summed E-state index contributed by atoms with van der Waals surface area (Å²) in [6.07, 6.45) is 0. The van der Waals surface area contributed by atoms with Gasteiger partial charge in [0.25, 0.3) is 0 Å². The van der Waals surface area contributed by atoms with Crippen LogP contribution in [0.2, 0.25) is 0 Å². The number of benzene rings is 1. The number of nitrogen functional groups attached to an aromatic ring is 1. The number of rotatable bonds is 4. The van der Waals surface area contributed by atoms with E-state index in [0.29, 0.717) is 17.9 Å². The Hall–Kier alpha value is -1.81. The molecule has 0 radical (unpaired) electrons. The lowest BCUT2D eigenvalue weighted by atomic mass is 10.2. The van der Waals surface area contributed by atoms with Gasteiger partial charge in [-0.3, -0.25) is 5.41 Å². The standard InChI is InChI=1S/C12H12N2OS/c13-12(14)10-3-1-2-4-11(10)15-7-9-5-6-16-8-9/h1-6,8H,7H2,(H3,13,14). The maximum atomic E-state index is 7.43. The Morgan fingerprint density at radius 3 is 2.81 bits per heavy atom. The molecule has 3 N–H and O–H groups in total. The summed E-state index contributed by atoms with van der Waals surface area (Å²) in [5, 5.41) is 11.5. The SMILES string of the molecule is N=C(N)c1ccccc1OCc1ccsc1. The van der Waals surface area contributed by atoms with Gasteiger partial charge < -0.3 is 10.5 Å². The van der Waals surface area contributed by atoms with E-state index in [1.807, 2.05) is 35.0 Å². The molecule has 0 aliphatic heterocycles. The Bertz CT molecular complexity index is 480. The third kappa shape index (κ3) is 2.41. The topological polar surface area (TPSA) is 59.1 Å². The monoisotopic (exact) mass is 232 g/mol. The highest BCUT2D eigenvalue weighted by atomic mass is 32.1. The fraction of sp³-hybridized carbons (Fsp3) is 0.0833. The first-order valence-electron chi connectivity index (χ1n) is 4.84. The van der Waals surface area contributed by atoms with E-state index in [4.69, 9.17) is 15.9 Å². The molecule has 1 aromatic heterocycles. The first kappa shape index (κ1) is 10.7. The lowest BCUT2D eigenvalue weighted by Crippen LogP contribution is -2.12. The molecule has 0 fully saturated rings. The maximum Gasteiger partial charge on any atom is 0.130 e. The molecule has 0 amide bonds. The van der Waals surface area contributed by atoms with Crippen molar-refractivity contribution >= 4 is 17.2 Å². The van der Waals surface area contributed by atoms with Crippen LogP contribution in [-0.4, -0.2) is 5.84 Å². The van der Waals surface area contributed by atoms with Gasteiger partial charge in [0.05, 0.1) is 5.56 Å². The molecule has 0 spiro atoms. The number of nitrogens with one attached hydrogen (secondary N) is 1. The molecule has 0 atom stereocenters. The van der Waals surface area contributed by atoms with Crippen LogP contribution in [0.25, 0.3) is 0 Å². The van der Waals surface area contributed by atoms with E-state index in [1.165, 1.54) is 0 Å². The molecular weight excluding hydrogens is 220 g/mol. The fourth-order valence-electron chi connectivity index (χ4n) is 1.35. The minimum absolute atomic E-state index is 0.0286. The van der Waals surface area contributed by atoms with E-state index in [1.54, 1.807) is 17.4 Å². The van der Waals surface area contributed by atoms with Crippen LogP contribution >= 0.6 is 11.3 Å². The molecule has 0 bridgehead atoms. The summed E-state index contributed by atoms with van der Waals surface area (Å²) in [6, 6.07) is 9.33. The highest BCUT2D eigenvalue weighted by Crippen LogP contribution is 2.19. The first-order valence-corrected chi connectivity index (χ1v) is 5.79. The molecule has 0 aliphatic rings. The number of ether oxygens (including phenoxy) is 1. The molecule has 0 saturated carbocycles. The summed E-state index contributed by atoms with van der Waals surface area (Å²) in [7, 11) is 0. The van der Waals surface area contributed by atoms with Gasteiger partial charge in [0.15, 0.2) is 0 Å². The summed E-state index contributed by atoms with van der Waals surface area (Å²) < 4.78 is 5.63.